The molecule has 1 unspecified atom stereocenters. The minimum atomic E-state index is 0.197. The van der Waals surface area contributed by atoms with Crippen LogP contribution in [0.2, 0.25) is 0 Å². The Morgan fingerprint density at radius 1 is 1.15 bits per heavy atom. The molecular weight excluding hydrogens is 314 g/mol. The van der Waals surface area contributed by atoms with Gasteiger partial charge in [0, 0.05) is 16.8 Å². The summed E-state index contributed by atoms with van der Waals surface area (Å²) in [5.74, 6) is 0. The van der Waals surface area contributed by atoms with Gasteiger partial charge in [-0.1, -0.05) is 47.1 Å². The number of aliphatic hydroxyl groups excluding tert-OH is 1. The van der Waals surface area contributed by atoms with Gasteiger partial charge in [-0.15, -0.1) is 0 Å². The molecule has 0 saturated heterocycles. The highest BCUT2D eigenvalue weighted by atomic mass is 79.9. The molecule has 0 radical (unpaired) electrons. The summed E-state index contributed by atoms with van der Waals surface area (Å²) in [5.41, 5.74) is 3.55. The number of hydrogen-bond acceptors (Lipinski definition) is 2. The van der Waals surface area contributed by atoms with Crippen molar-refractivity contribution in [3.8, 4) is 0 Å². The quantitative estimate of drug-likeness (QED) is 0.812. The van der Waals surface area contributed by atoms with Crippen LogP contribution in [0.4, 0.5) is 5.69 Å². The number of anilines is 1. The zero-order valence-electron chi connectivity index (χ0n) is 11.6. The fourth-order valence-electron chi connectivity index (χ4n) is 2.24. The molecule has 0 aliphatic carbocycles. The summed E-state index contributed by atoms with van der Waals surface area (Å²) in [6, 6.07) is 17.0. The first kappa shape index (κ1) is 15.1. The Bertz CT molecular complexity index is 539. The zero-order chi connectivity index (χ0) is 14.4. The molecule has 1 atom stereocenters. The number of halogens is 1. The van der Waals surface area contributed by atoms with Crippen LogP contribution in [-0.4, -0.2) is 11.7 Å². The van der Waals surface area contributed by atoms with Crippen LogP contribution >= 0.6 is 15.9 Å². The SMILES string of the molecule is CCC(Nc1ccc(CCO)cc1)c1cccc(Br)c1. The second kappa shape index (κ2) is 7.46. The van der Waals surface area contributed by atoms with E-state index in [9.17, 15) is 0 Å². The maximum Gasteiger partial charge on any atom is 0.0511 e. The molecule has 0 saturated carbocycles. The minimum absolute atomic E-state index is 0.197. The summed E-state index contributed by atoms with van der Waals surface area (Å²) < 4.78 is 1.11. The van der Waals surface area contributed by atoms with Crippen LogP contribution in [0.25, 0.3) is 0 Å². The molecule has 0 amide bonds. The van der Waals surface area contributed by atoms with Gasteiger partial charge in [-0.3, -0.25) is 0 Å². The van der Waals surface area contributed by atoms with Gasteiger partial charge in [0.2, 0.25) is 0 Å². The predicted molar refractivity (Wildman–Crippen MR) is 88.0 cm³/mol. The van der Waals surface area contributed by atoms with E-state index in [2.05, 4.69) is 70.6 Å². The molecule has 0 fully saturated rings. The highest BCUT2D eigenvalue weighted by Gasteiger charge is 2.09. The third-order valence-electron chi connectivity index (χ3n) is 3.35. The molecule has 20 heavy (non-hydrogen) atoms. The van der Waals surface area contributed by atoms with E-state index in [1.807, 2.05) is 6.07 Å². The van der Waals surface area contributed by atoms with Crippen LogP contribution in [-0.2, 0) is 6.42 Å². The molecule has 106 valence electrons. The average molecular weight is 334 g/mol. The van der Waals surface area contributed by atoms with Gasteiger partial charge in [0.05, 0.1) is 6.04 Å². The smallest absolute Gasteiger partial charge is 0.0511 e. The van der Waals surface area contributed by atoms with Crippen LogP contribution in [0.1, 0.15) is 30.5 Å². The Hall–Kier alpha value is -1.32. The number of nitrogens with one attached hydrogen (secondary N) is 1. The third-order valence-corrected chi connectivity index (χ3v) is 3.85. The summed E-state index contributed by atoms with van der Waals surface area (Å²) in [7, 11) is 0. The third kappa shape index (κ3) is 4.09. The van der Waals surface area contributed by atoms with Crippen LogP contribution in [0.3, 0.4) is 0 Å². The number of hydrogen-bond donors (Lipinski definition) is 2. The number of aliphatic hydroxyl groups is 1. The summed E-state index contributed by atoms with van der Waals surface area (Å²) in [4.78, 5) is 0. The monoisotopic (exact) mass is 333 g/mol. The van der Waals surface area contributed by atoms with E-state index in [-0.39, 0.29) is 6.61 Å². The first-order valence-corrected chi connectivity index (χ1v) is 7.74. The molecule has 0 aromatic heterocycles. The van der Waals surface area contributed by atoms with Crippen molar-refractivity contribution in [3.05, 3.63) is 64.1 Å². The van der Waals surface area contributed by atoms with E-state index in [4.69, 9.17) is 5.11 Å². The Morgan fingerprint density at radius 2 is 1.90 bits per heavy atom. The standard InChI is InChI=1S/C17H20BrNO/c1-2-17(14-4-3-5-15(18)12-14)19-16-8-6-13(7-9-16)10-11-20/h3-9,12,17,19-20H,2,10-11H2,1H3. The number of rotatable bonds is 6. The minimum Gasteiger partial charge on any atom is -0.396 e. The van der Waals surface area contributed by atoms with Crippen molar-refractivity contribution in [2.24, 2.45) is 0 Å². The van der Waals surface area contributed by atoms with Gasteiger partial charge < -0.3 is 10.4 Å². The largest absolute Gasteiger partial charge is 0.396 e. The molecule has 3 heteroatoms. The summed E-state index contributed by atoms with van der Waals surface area (Å²) in [6.45, 7) is 2.38. The van der Waals surface area contributed by atoms with Gasteiger partial charge in [-0.25, -0.2) is 0 Å². The lowest BCUT2D eigenvalue weighted by Crippen LogP contribution is -2.09. The molecular formula is C17H20BrNO. The molecule has 0 aliphatic heterocycles. The maximum atomic E-state index is 8.93. The lowest BCUT2D eigenvalue weighted by atomic mass is 10.0. The summed E-state index contributed by atoms with van der Waals surface area (Å²) >= 11 is 3.52. The normalized spacial score (nSPS) is 12.2. The molecule has 2 rings (SSSR count). The Balaban J connectivity index is 2.09. The second-order valence-corrected chi connectivity index (χ2v) is 5.75. The number of benzene rings is 2. The fraction of sp³-hybridized carbons (Fsp3) is 0.294. The summed E-state index contributed by atoms with van der Waals surface area (Å²) in [6.07, 6.45) is 1.73. The van der Waals surface area contributed by atoms with Crippen molar-refractivity contribution >= 4 is 21.6 Å². The molecule has 2 aromatic rings. The van der Waals surface area contributed by atoms with Gasteiger partial charge in [0.1, 0.15) is 0 Å². The van der Waals surface area contributed by atoms with Crippen LogP contribution in [0.5, 0.6) is 0 Å². The van der Waals surface area contributed by atoms with E-state index in [1.54, 1.807) is 0 Å². The molecule has 2 N–H and O–H groups in total. The Kier molecular flexibility index (Phi) is 5.62. The van der Waals surface area contributed by atoms with Crippen LogP contribution in [0, 0.1) is 0 Å². The fourth-order valence-corrected chi connectivity index (χ4v) is 2.66. The van der Waals surface area contributed by atoms with Crippen molar-refractivity contribution < 1.29 is 5.11 Å². The lowest BCUT2D eigenvalue weighted by molar-refractivity contribution is 0.299. The van der Waals surface area contributed by atoms with Crippen LogP contribution < -0.4 is 5.32 Å². The van der Waals surface area contributed by atoms with Crippen LogP contribution in [0.15, 0.2) is 53.0 Å². The van der Waals surface area contributed by atoms with Crippen molar-refractivity contribution in [3.63, 3.8) is 0 Å². The van der Waals surface area contributed by atoms with Crippen molar-refractivity contribution in [1.82, 2.24) is 0 Å². The van der Waals surface area contributed by atoms with Crippen molar-refractivity contribution in [1.29, 1.82) is 0 Å². The molecule has 0 bridgehead atoms. The molecule has 0 spiro atoms. The molecule has 2 nitrogen and oxygen atoms in total. The first-order chi connectivity index (χ1) is 9.72. The van der Waals surface area contributed by atoms with Gasteiger partial charge in [0.25, 0.3) is 0 Å². The molecule has 2 aromatic carbocycles. The predicted octanol–water partition coefficient (Wildman–Crippen LogP) is 4.55. The molecule has 0 heterocycles. The lowest BCUT2D eigenvalue weighted by Gasteiger charge is -2.19. The van der Waals surface area contributed by atoms with Crippen molar-refractivity contribution in [2.75, 3.05) is 11.9 Å². The van der Waals surface area contributed by atoms with Gasteiger partial charge in [-0.2, -0.15) is 0 Å². The molecule has 0 aliphatic rings. The Labute approximate surface area is 129 Å². The van der Waals surface area contributed by atoms with Gasteiger partial charge in [0.15, 0.2) is 0 Å². The van der Waals surface area contributed by atoms with Gasteiger partial charge >= 0.3 is 0 Å². The Morgan fingerprint density at radius 3 is 2.50 bits per heavy atom. The van der Waals surface area contributed by atoms with E-state index in [1.165, 1.54) is 5.56 Å². The van der Waals surface area contributed by atoms with Gasteiger partial charge in [-0.05, 0) is 48.2 Å². The first-order valence-electron chi connectivity index (χ1n) is 6.94. The van der Waals surface area contributed by atoms with E-state index >= 15 is 0 Å². The highest BCUT2D eigenvalue weighted by Crippen LogP contribution is 2.25. The van der Waals surface area contributed by atoms with Crippen molar-refractivity contribution in [2.45, 2.75) is 25.8 Å². The highest BCUT2D eigenvalue weighted by molar-refractivity contribution is 9.10. The van der Waals surface area contributed by atoms with E-state index in [0.717, 1.165) is 22.1 Å². The van der Waals surface area contributed by atoms with E-state index in [0.29, 0.717) is 12.5 Å². The average Bonchev–Trinajstić information content (AvgIpc) is 2.47. The topological polar surface area (TPSA) is 32.3 Å². The second-order valence-electron chi connectivity index (χ2n) is 4.83. The zero-order valence-corrected chi connectivity index (χ0v) is 13.2. The summed E-state index contributed by atoms with van der Waals surface area (Å²) in [5, 5.41) is 12.5. The van der Waals surface area contributed by atoms with E-state index < -0.39 is 0 Å². The maximum absolute atomic E-state index is 8.93.